The molecule has 3 heteroatoms. The van der Waals surface area contributed by atoms with Crippen molar-refractivity contribution in [2.45, 2.75) is 88.8 Å². The molecule has 31 heavy (non-hydrogen) atoms. The normalized spacial score (nSPS) is 26.7. The number of rotatable bonds is 7. The molecule has 4 rings (SSSR count). The van der Waals surface area contributed by atoms with Crippen LogP contribution < -0.4 is 0 Å². The van der Waals surface area contributed by atoms with Crippen molar-refractivity contribution in [2.24, 2.45) is 11.8 Å². The number of hydrogen-bond acceptors (Lipinski definition) is 0. The molecule has 1 aliphatic carbocycles. The Bertz CT molecular complexity index is 815. The SMILES string of the molecule is CCCCC[Si@H]1CC[C@H]([C@H]2CC[C@H](c3ccc(-c4ccc(F)c(F)c4)cc3)CC2)CC1. The zero-order valence-corrected chi connectivity index (χ0v) is 20.2. The molecule has 2 fully saturated rings. The van der Waals surface area contributed by atoms with Crippen LogP contribution >= 0.6 is 0 Å². The van der Waals surface area contributed by atoms with Gasteiger partial charge in [-0.2, -0.15) is 0 Å². The molecule has 1 heterocycles. The van der Waals surface area contributed by atoms with Gasteiger partial charge in [-0.1, -0.05) is 87.5 Å². The van der Waals surface area contributed by atoms with Gasteiger partial charge < -0.3 is 0 Å². The summed E-state index contributed by atoms with van der Waals surface area (Å²) in [6.45, 7) is 2.32. The Morgan fingerprint density at radius 3 is 2.03 bits per heavy atom. The summed E-state index contributed by atoms with van der Waals surface area (Å²) >= 11 is 0. The lowest BCUT2D eigenvalue weighted by molar-refractivity contribution is 0.216. The van der Waals surface area contributed by atoms with Crippen LogP contribution in [-0.2, 0) is 0 Å². The lowest BCUT2D eigenvalue weighted by Crippen LogP contribution is -2.28. The number of halogens is 2. The van der Waals surface area contributed by atoms with Gasteiger partial charge in [-0.15, -0.1) is 0 Å². The molecule has 2 aromatic carbocycles. The predicted octanol–water partition coefficient (Wildman–Crippen LogP) is 8.73. The van der Waals surface area contributed by atoms with E-state index < -0.39 is 20.4 Å². The first-order valence-electron chi connectivity index (χ1n) is 12.7. The zero-order valence-electron chi connectivity index (χ0n) is 19.1. The van der Waals surface area contributed by atoms with Crippen LogP contribution in [-0.4, -0.2) is 8.80 Å². The monoisotopic (exact) mass is 440 g/mol. The summed E-state index contributed by atoms with van der Waals surface area (Å²) in [6.07, 6.45) is 12.8. The molecule has 0 aromatic heterocycles. The standard InChI is InChI=1S/C28H38F2Si/c1-2-3-4-17-31-18-15-25(16-19-31)23-7-5-21(6-8-23)22-9-11-24(12-10-22)26-13-14-27(29)28(30)20-26/h9-14,20-21,23,25,31H,2-8,15-19H2,1H3/t21-,23-,25-,31-. The fraction of sp³-hybridized carbons (Fsp3) is 0.571. The van der Waals surface area contributed by atoms with Crippen LogP contribution in [0.4, 0.5) is 8.78 Å². The molecule has 168 valence electrons. The Balaban J connectivity index is 1.26. The van der Waals surface area contributed by atoms with E-state index in [9.17, 15) is 8.78 Å². The Hall–Kier alpha value is -1.48. The van der Waals surface area contributed by atoms with Gasteiger partial charge in [0.15, 0.2) is 11.6 Å². The van der Waals surface area contributed by atoms with Crippen molar-refractivity contribution in [1.82, 2.24) is 0 Å². The van der Waals surface area contributed by atoms with Crippen LogP contribution in [0.3, 0.4) is 0 Å². The molecule has 0 spiro atoms. The average molecular weight is 441 g/mol. The quantitative estimate of drug-likeness (QED) is 0.298. The molecule has 1 saturated carbocycles. The molecule has 0 bridgehead atoms. The fourth-order valence-corrected chi connectivity index (χ4v) is 9.71. The van der Waals surface area contributed by atoms with E-state index in [2.05, 4.69) is 31.2 Å². The highest BCUT2D eigenvalue weighted by molar-refractivity contribution is 6.58. The molecule has 0 radical (unpaired) electrons. The molecule has 0 amide bonds. The molecule has 0 nitrogen and oxygen atoms in total. The largest absolute Gasteiger partial charge is 0.204 e. The Labute approximate surface area is 189 Å². The third-order valence-corrected chi connectivity index (χ3v) is 11.7. The summed E-state index contributed by atoms with van der Waals surface area (Å²) in [5, 5.41) is 0. The second-order valence-corrected chi connectivity index (χ2v) is 13.6. The molecule has 2 aliphatic rings. The molecular formula is C28H38F2Si. The molecule has 2 aromatic rings. The van der Waals surface area contributed by atoms with Crippen LogP contribution in [0.1, 0.15) is 76.2 Å². The van der Waals surface area contributed by atoms with Gasteiger partial charge in [-0.3, -0.25) is 0 Å². The second kappa shape index (κ2) is 10.9. The number of benzene rings is 2. The topological polar surface area (TPSA) is 0 Å². The molecule has 0 unspecified atom stereocenters. The number of hydrogen-bond donors (Lipinski definition) is 0. The molecule has 0 atom stereocenters. The predicted molar refractivity (Wildman–Crippen MR) is 130 cm³/mol. The average Bonchev–Trinajstić information content (AvgIpc) is 2.82. The van der Waals surface area contributed by atoms with Crippen LogP contribution in [0.2, 0.25) is 18.1 Å². The van der Waals surface area contributed by atoms with E-state index in [-0.39, 0.29) is 0 Å². The van der Waals surface area contributed by atoms with Gasteiger partial charge in [0.2, 0.25) is 0 Å². The zero-order chi connectivity index (χ0) is 21.6. The highest BCUT2D eigenvalue weighted by atomic mass is 28.3. The minimum Gasteiger partial charge on any atom is -0.204 e. The minimum absolute atomic E-state index is 0.393. The molecule has 0 N–H and O–H groups in total. The van der Waals surface area contributed by atoms with Gasteiger partial charge >= 0.3 is 0 Å². The first kappa shape index (κ1) is 22.7. The van der Waals surface area contributed by atoms with Crippen molar-refractivity contribution in [1.29, 1.82) is 0 Å². The summed E-state index contributed by atoms with van der Waals surface area (Å²) in [6, 6.07) is 17.5. The van der Waals surface area contributed by atoms with Crippen molar-refractivity contribution in [3.63, 3.8) is 0 Å². The van der Waals surface area contributed by atoms with Crippen LogP contribution in [0.5, 0.6) is 0 Å². The van der Waals surface area contributed by atoms with E-state index in [1.165, 1.54) is 75.5 Å². The maximum absolute atomic E-state index is 13.5. The third-order valence-electron chi connectivity index (χ3n) is 8.18. The van der Waals surface area contributed by atoms with Gasteiger partial charge in [0.05, 0.1) is 0 Å². The van der Waals surface area contributed by atoms with Crippen LogP contribution in [0.25, 0.3) is 11.1 Å². The van der Waals surface area contributed by atoms with E-state index in [1.807, 2.05) is 0 Å². The number of unbranched alkanes of at least 4 members (excludes halogenated alkanes) is 2. The fourth-order valence-electron chi connectivity index (χ4n) is 6.18. The highest BCUT2D eigenvalue weighted by Crippen LogP contribution is 2.43. The molecule has 1 saturated heterocycles. The lowest BCUT2D eigenvalue weighted by Gasteiger charge is -2.37. The van der Waals surface area contributed by atoms with Crippen molar-refractivity contribution < 1.29 is 8.78 Å². The van der Waals surface area contributed by atoms with E-state index in [1.54, 1.807) is 24.2 Å². The van der Waals surface area contributed by atoms with Crippen LogP contribution in [0, 0.1) is 23.5 Å². The minimum atomic E-state index is -0.788. The van der Waals surface area contributed by atoms with Gasteiger partial charge in [-0.05, 0) is 72.3 Å². The first-order chi connectivity index (χ1) is 15.1. The van der Waals surface area contributed by atoms with E-state index in [4.69, 9.17) is 0 Å². The Kier molecular flexibility index (Phi) is 7.98. The first-order valence-corrected chi connectivity index (χ1v) is 15.1. The molecular weight excluding hydrogens is 402 g/mol. The van der Waals surface area contributed by atoms with Crippen molar-refractivity contribution in [3.8, 4) is 11.1 Å². The van der Waals surface area contributed by atoms with Crippen LogP contribution in [0.15, 0.2) is 42.5 Å². The third kappa shape index (κ3) is 5.86. The van der Waals surface area contributed by atoms with E-state index in [0.717, 1.165) is 23.0 Å². The smallest absolute Gasteiger partial charge is 0.159 e. The molecule has 1 aliphatic heterocycles. The lowest BCUT2D eigenvalue weighted by atomic mass is 9.72. The summed E-state index contributed by atoms with van der Waals surface area (Å²) in [5.74, 6) is 1.06. The van der Waals surface area contributed by atoms with Gasteiger partial charge in [0, 0.05) is 8.80 Å². The second-order valence-electron chi connectivity index (χ2n) is 10.1. The summed E-state index contributed by atoms with van der Waals surface area (Å²) in [4.78, 5) is 0. The Morgan fingerprint density at radius 1 is 0.742 bits per heavy atom. The summed E-state index contributed by atoms with van der Waals surface area (Å²) in [7, 11) is -0.393. The van der Waals surface area contributed by atoms with Gasteiger partial charge in [0.25, 0.3) is 0 Å². The highest BCUT2D eigenvalue weighted by Gasteiger charge is 2.31. The van der Waals surface area contributed by atoms with Gasteiger partial charge in [0.1, 0.15) is 0 Å². The van der Waals surface area contributed by atoms with E-state index in [0.29, 0.717) is 5.92 Å². The Morgan fingerprint density at radius 2 is 1.39 bits per heavy atom. The summed E-state index contributed by atoms with van der Waals surface area (Å²) < 4.78 is 26.7. The van der Waals surface area contributed by atoms with Crippen molar-refractivity contribution in [2.75, 3.05) is 0 Å². The maximum atomic E-state index is 13.5. The summed E-state index contributed by atoms with van der Waals surface area (Å²) in [5.41, 5.74) is 3.11. The van der Waals surface area contributed by atoms with E-state index >= 15 is 0 Å². The van der Waals surface area contributed by atoms with Crippen molar-refractivity contribution >= 4 is 8.80 Å². The van der Waals surface area contributed by atoms with Gasteiger partial charge in [-0.25, -0.2) is 8.78 Å². The van der Waals surface area contributed by atoms with Crippen molar-refractivity contribution in [3.05, 3.63) is 59.7 Å². The maximum Gasteiger partial charge on any atom is 0.159 e.